The highest BCUT2D eigenvalue weighted by molar-refractivity contribution is 5.64. The molecule has 6 heteroatoms. The fourth-order valence-electron chi connectivity index (χ4n) is 1.80. The molecule has 0 atom stereocenters. The number of rotatable bonds is 3. The van der Waals surface area contributed by atoms with Crippen molar-refractivity contribution in [2.75, 3.05) is 12.4 Å². The van der Waals surface area contributed by atoms with Crippen LogP contribution in [-0.4, -0.2) is 17.0 Å². The Morgan fingerprint density at radius 1 is 1.30 bits per heavy atom. The van der Waals surface area contributed by atoms with Crippen LogP contribution in [0.4, 0.5) is 14.5 Å². The van der Waals surface area contributed by atoms with Crippen LogP contribution in [0.1, 0.15) is 18.2 Å². The molecule has 0 unspecified atom stereocenters. The molecule has 0 aliphatic rings. The van der Waals surface area contributed by atoms with E-state index in [9.17, 15) is 8.78 Å². The second kappa shape index (κ2) is 5.21. The van der Waals surface area contributed by atoms with Crippen LogP contribution in [0.25, 0.3) is 11.3 Å². The second-order valence-electron chi connectivity index (χ2n) is 4.31. The summed E-state index contributed by atoms with van der Waals surface area (Å²) in [6.45, 7) is 0.796. The third kappa shape index (κ3) is 2.72. The number of halogens is 2. The van der Waals surface area contributed by atoms with Gasteiger partial charge in [0.05, 0.1) is 16.9 Å². The molecule has 0 spiro atoms. The van der Waals surface area contributed by atoms with Gasteiger partial charge in [0.2, 0.25) is 0 Å². The topological polar surface area (TPSA) is 61.6 Å². The summed E-state index contributed by atoms with van der Waals surface area (Å²) in [5.74, 6) is -3.06. The molecule has 0 aliphatic heterocycles. The highest BCUT2D eigenvalue weighted by atomic mass is 19.3. The molecule has 0 radical (unpaired) electrons. The Morgan fingerprint density at radius 2 is 2.05 bits per heavy atom. The predicted octanol–water partition coefficient (Wildman–Crippen LogP) is 3.17. The molecule has 0 aliphatic carbocycles. The zero-order valence-electron chi connectivity index (χ0n) is 11.0. The standard InChI is InChI=1S/C14H12F2N4/c1-14(15,16)13-12(18-2)4-3-11(20-13)10-5-9(6-17)7-19-8-10/h3-5,7-8,18H,1-2H3. The second-order valence-corrected chi connectivity index (χ2v) is 4.31. The van der Waals surface area contributed by atoms with Gasteiger partial charge in [-0.1, -0.05) is 0 Å². The summed E-state index contributed by atoms with van der Waals surface area (Å²) in [6, 6.07) is 6.66. The minimum Gasteiger partial charge on any atom is -0.386 e. The van der Waals surface area contributed by atoms with Crippen molar-refractivity contribution in [3.8, 4) is 17.3 Å². The molecule has 2 heterocycles. The van der Waals surface area contributed by atoms with Crippen LogP contribution in [0, 0.1) is 11.3 Å². The summed E-state index contributed by atoms with van der Waals surface area (Å²) in [5, 5.41) is 11.5. The molecule has 1 N–H and O–H groups in total. The van der Waals surface area contributed by atoms with Crippen molar-refractivity contribution < 1.29 is 8.78 Å². The molecule has 2 aromatic heterocycles. The van der Waals surface area contributed by atoms with Crippen molar-refractivity contribution in [2.24, 2.45) is 0 Å². The monoisotopic (exact) mass is 274 g/mol. The Bertz CT molecular complexity index is 672. The van der Waals surface area contributed by atoms with Gasteiger partial charge in [0.25, 0.3) is 5.92 Å². The van der Waals surface area contributed by atoms with Crippen molar-refractivity contribution in [2.45, 2.75) is 12.8 Å². The van der Waals surface area contributed by atoms with Crippen molar-refractivity contribution in [3.05, 3.63) is 41.9 Å². The van der Waals surface area contributed by atoms with Crippen LogP contribution in [0.2, 0.25) is 0 Å². The van der Waals surface area contributed by atoms with Crippen LogP contribution in [0.15, 0.2) is 30.6 Å². The van der Waals surface area contributed by atoms with Crippen molar-refractivity contribution >= 4 is 5.69 Å². The SMILES string of the molecule is CNc1ccc(-c2cncc(C#N)c2)nc1C(C)(F)F. The van der Waals surface area contributed by atoms with Gasteiger partial charge in [-0.2, -0.15) is 14.0 Å². The molecule has 0 fully saturated rings. The van der Waals surface area contributed by atoms with Crippen molar-refractivity contribution in [1.29, 1.82) is 5.26 Å². The smallest absolute Gasteiger partial charge is 0.289 e. The molecule has 102 valence electrons. The highest BCUT2D eigenvalue weighted by Crippen LogP contribution is 2.33. The number of alkyl halides is 2. The lowest BCUT2D eigenvalue weighted by Gasteiger charge is -2.15. The van der Waals surface area contributed by atoms with E-state index in [1.54, 1.807) is 19.2 Å². The average molecular weight is 274 g/mol. The van der Waals surface area contributed by atoms with Crippen molar-refractivity contribution in [3.63, 3.8) is 0 Å². The zero-order valence-corrected chi connectivity index (χ0v) is 11.0. The molecular formula is C14H12F2N4. The van der Waals surface area contributed by atoms with Gasteiger partial charge in [0.1, 0.15) is 11.8 Å². The Morgan fingerprint density at radius 3 is 2.65 bits per heavy atom. The first-order chi connectivity index (χ1) is 9.45. The van der Waals surface area contributed by atoms with Gasteiger partial charge in [-0.3, -0.25) is 4.98 Å². The number of hydrogen-bond donors (Lipinski definition) is 1. The largest absolute Gasteiger partial charge is 0.386 e. The lowest BCUT2D eigenvalue weighted by atomic mass is 10.1. The van der Waals surface area contributed by atoms with E-state index in [0.29, 0.717) is 16.8 Å². The molecule has 20 heavy (non-hydrogen) atoms. The molecule has 2 aromatic rings. The van der Waals surface area contributed by atoms with Crippen LogP contribution in [-0.2, 0) is 5.92 Å². The van der Waals surface area contributed by atoms with E-state index < -0.39 is 5.92 Å². The summed E-state index contributed by atoms with van der Waals surface area (Å²) in [7, 11) is 1.56. The van der Waals surface area contributed by atoms with Crippen LogP contribution in [0.5, 0.6) is 0 Å². The normalized spacial score (nSPS) is 10.9. The molecule has 0 bridgehead atoms. The summed E-state index contributed by atoms with van der Waals surface area (Å²) in [6.07, 6.45) is 2.89. The third-order valence-corrected chi connectivity index (χ3v) is 2.74. The van der Waals surface area contributed by atoms with Crippen LogP contribution >= 0.6 is 0 Å². The van der Waals surface area contributed by atoms with E-state index in [1.165, 1.54) is 18.5 Å². The predicted molar refractivity (Wildman–Crippen MR) is 71.3 cm³/mol. The van der Waals surface area contributed by atoms with Gasteiger partial charge in [-0.25, -0.2) is 4.98 Å². The number of pyridine rings is 2. The lowest BCUT2D eigenvalue weighted by Crippen LogP contribution is -2.13. The Labute approximate surface area is 115 Å². The zero-order chi connectivity index (χ0) is 14.8. The Hall–Kier alpha value is -2.55. The van der Waals surface area contributed by atoms with Gasteiger partial charge in [0.15, 0.2) is 0 Å². The fraction of sp³-hybridized carbons (Fsp3) is 0.214. The molecule has 4 nitrogen and oxygen atoms in total. The number of anilines is 1. The highest BCUT2D eigenvalue weighted by Gasteiger charge is 2.29. The van der Waals surface area contributed by atoms with Gasteiger partial charge in [0, 0.05) is 31.9 Å². The first-order valence-corrected chi connectivity index (χ1v) is 5.88. The Balaban J connectivity index is 2.56. The number of hydrogen-bond acceptors (Lipinski definition) is 4. The maximum absolute atomic E-state index is 13.6. The summed E-state index contributed by atoms with van der Waals surface area (Å²) in [4.78, 5) is 7.90. The number of nitriles is 1. The quantitative estimate of drug-likeness (QED) is 0.933. The van der Waals surface area contributed by atoms with Crippen molar-refractivity contribution in [1.82, 2.24) is 9.97 Å². The molecule has 0 aromatic carbocycles. The summed E-state index contributed by atoms with van der Waals surface area (Å²) >= 11 is 0. The van der Waals surface area contributed by atoms with Crippen LogP contribution in [0.3, 0.4) is 0 Å². The summed E-state index contributed by atoms with van der Waals surface area (Å²) in [5.41, 5.74) is 1.17. The minimum absolute atomic E-state index is 0.269. The third-order valence-electron chi connectivity index (χ3n) is 2.74. The van der Waals surface area contributed by atoms with Gasteiger partial charge < -0.3 is 5.32 Å². The van der Waals surface area contributed by atoms with Crippen LogP contribution < -0.4 is 5.32 Å². The first-order valence-electron chi connectivity index (χ1n) is 5.88. The van der Waals surface area contributed by atoms with E-state index in [2.05, 4.69) is 15.3 Å². The number of aromatic nitrogens is 2. The summed E-state index contributed by atoms with van der Waals surface area (Å²) < 4.78 is 27.1. The molecule has 0 saturated heterocycles. The molecule has 0 amide bonds. The molecular weight excluding hydrogens is 262 g/mol. The maximum atomic E-state index is 13.6. The van der Waals surface area contributed by atoms with E-state index >= 15 is 0 Å². The molecule has 2 rings (SSSR count). The maximum Gasteiger partial charge on any atom is 0.289 e. The van der Waals surface area contributed by atoms with E-state index in [0.717, 1.165) is 6.92 Å². The molecule has 0 saturated carbocycles. The number of nitrogens with one attached hydrogen (secondary N) is 1. The van der Waals surface area contributed by atoms with Gasteiger partial charge in [-0.15, -0.1) is 0 Å². The minimum atomic E-state index is -3.06. The van der Waals surface area contributed by atoms with Gasteiger partial charge >= 0.3 is 0 Å². The van der Waals surface area contributed by atoms with E-state index in [-0.39, 0.29) is 11.4 Å². The number of nitrogens with zero attached hydrogens (tertiary/aromatic N) is 3. The van der Waals surface area contributed by atoms with Gasteiger partial charge in [-0.05, 0) is 18.2 Å². The lowest BCUT2D eigenvalue weighted by molar-refractivity contribution is 0.0137. The Kier molecular flexibility index (Phi) is 3.61. The first kappa shape index (κ1) is 13.9. The average Bonchev–Trinajstić information content (AvgIpc) is 2.45. The fourth-order valence-corrected chi connectivity index (χ4v) is 1.80. The van der Waals surface area contributed by atoms with E-state index in [4.69, 9.17) is 5.26 Å². The van der Waals surface area contributed by atoms with E-state index in [1.807, 2.05) is 6.07 Å².